The third-order valence-electron chi connectivity index (χ3n) is 7.45. The molecule has 40 heavy (non-hydrogen) atoms. The second-order valence-electron chi connectivity index (χ2n) is 10.3. The van der Waals surface area contributed by atoms with Gasteiger partial charge in [-0.15, -0.1) is 33.2 Å². The second-order valence-corrected chi connectivity index (χ2v) is 19.7. The van der Waals surface area contributed by atoms with Crippen molar-refractivity contribution in [1.82, 2.24) is 0 Å². The molecule has 4 heteroatoms. The first-order valence-electron chi connectivity index (χ1n) is 13.5. The smallest absolute Gasteiger partial charge is 0.144 e. The van der Waals surface area contributed by atoms with Crippen LogP contribution in [0.15, 0.2) is 146 Å². The Balaban J connectivity index is 1.50. The third-order valence-corrected chi connectivity index (χ3v) is 15.7. The van der Waals surface area contributed by atoms with E-state index < -0.39 is 14.8 Å². The lowest BCUT2D eigenvalue weighted by atomic mass is 10.1. The Morgan fingerprint density at radius 2 is 0.750 bits per heavy atom. The minimum absolute atomic E-state index is 0.713. The highest BCUT2D eigenvalue weighted by atomic mass is 35.6. The molecular formula is C36H28Cl2Si2. The van der Waals surface area contributed by atoms with Crippen molar-refractivity contribution in [1.29, 1.82) is 0 Å². The Labute approximate surface area is 247 Å². The molecule has 0 fully saturated rings. The van der Waals surface area contributed by atoms with E-state index in [1.54, 1.807) is 0 Å². The van der Waals surface area contributed by atoms with Gasteiger partial charge in [0.2, 0.25) is 0 Å². The molecule has 0 saturated heterocycles. The van der Waals surface area contributed by atoms with Gasteiger partial charge in [0, 0.05) is 0 Å². The van der Waals surface area contributed by atoms with E-state index in [0.717, 1.165) is 10.4 Å². The summed E-state index contributed by atoms with van der Waals surface area (Å²) in [5, 5.41) is 7.01. The molecule has 0 N–H and O–H groups in total. The molecule has 6 aromatic rings. The summed E-state index contributed by atoms with van der Waals surface area (Å²) in [6.45, 7) is 0. The largest absolute Gasteiger partial charge is 0.267 e. The molecule has 0 radical (unpaired) electrons. The number of halogens is 2. The van der Waals surface area contributed by atoms with E-state index >= 15 is 0 Å². The molecule has 194 valence electrons. The Kier molecular flexibility index (Phi) is 7.65. The Morgan fingerprint density at radius 1 is 0.400 bits per heavy atom. The lowest BCUT2D eigenvalue weighted by Crippen LogP contribution is -2.48. The summed E-state index contributed by atoms with van der Waals surface area (Å²) in [5.41, 5.74) is 9.83. The van der Waals surface area contributed by atoms with Crippen LogP contribution in [0, 0.1) is 11.1 Å². The molecule has 0 spiro atoms. The van der Waals surface area contributed by atoms with Crippen molar-refractivity contribution >= 4 is 68.8 Å². The minimum Gasteiger partial charge on any atom is -0.144 e. The average molecular weight is 588 g/mol. The number of benzene rings is 6. The summed E-state index contributed by atoms with van der Waals surface area (Å²) < 4.78 is 0. The van der Waals surface area contributed by atoms with Gasteiger partial charge in [0.15, 0.2) is 0 Å². The first-order chi connectivity index (χ1) is 19.5. The van der Waals surface area contributed by atoms with Crippen molar-refractivity contribution in [3.63, 3.8) is 0 Å². The van der Waals surface area contributed by atoms with Crippen LogP contribution in [0.25, 0.3) is 21.5 Å². The molecule has 2 atom stereocenters. The van der Waals surface area contributed by atoms with Crippen LogP contribution in [0.1, 0.15) is 11.1 Å². The summed E-state index contributed by atoms with van der Waals surface area (Å²) in [5.74, 6) is 0. The highest BCUT2D eigenvalue weighted by Crippen LogP contribution is 2.23. The zero-order valence-corrected chi connectivity index (χ0v) is 25.5. The molecule has 0 bridgehead atoms. The predicted octanol–water partition coefficient (Wildman–Crippen LogP) is 8.12. The van der Waals surface area contributed by atoms with Gasteiger partial charge in [-0.25, -0.2) is 0 Å². The van der Waals surface area contributed by atoms with Crippen LogP contribution in [0.3, 0.4) is 0 Å². The fourth-order valence-corrected chi connectivity index (χ4v) is 13.3. The van der Waals surface area contributed by atoms with Crippen molar-refractivity contribution in [3.05, 3.63) is 157 Å². The van der Waals surface area contributed by atoms with Crippen LogP contribution in [0.5, 0.6) is 0 Å². The highest BCUT2D eigenvalue weighted by Gasteiger charge is 2.36. The van der Waals surface area contributed by atoms with Crippen LogP contribution in [-0.4, -0.2) is 14.8 Å². The molecule has 2 unspecified atom stereocenters. The average Bonchev–Trinajstić information content (AvgIpc) is 3.00. The molecule has 6 rings (SSSR count). The number of hydrogen-bond donors (Lipinski definition) is 0. The molecule has 0 heterocycles. The zero-order valence-electron chi connectivity index (χ0n) is 22.0. The molecule has 0 aliphatic heterocycles. The van der Waals surface area contributed by atoms with Gasteiger partial charge in [-0.3, -0.25) is 0 Å². The van der Waals surface area contributed by atoms with Crippen LogP contribution >= 0.6 is 22.2 Å². The van der Waals surface area contributed by atoms with E-state index in [1.165, 1.54) is 32.7 Å². The van der Waals surface area contributed by atoms with Crippen LogP contribution in [0.2, 0.25) is 0 Å². The van der Waals surface area contributed by atoms with Crippen molar-refractivity contribution in [2.75, 3.05) is 0 Å². The van der Waals surface area contributed by atoms with Crippen molar-refractivity contribution in [3.8, 4) is 11.1 Å². The van der Waals surface area contributed by atoms with Crippen molar-refractivity contribution < 1.29 is 0 Å². The summed E-state index contributed by atoms with van der Waals surface area (Å²) >= 11 is 15.4. The van der Waals surface area contributed by atoms with Crippen molar-refractivity contribution in [2.45, 2.75) is 12.1 Å². The fourth-order valence-electron chi connectivity index (χ4n) is 5.26. The minimum atomic E-state index is -2.84. The Bertz CT molecular complexity index is 1710. The number of fused-ring (bicyclic) bond motifs is 2. The third kappa shape index (κ3) is 5.80. The molecule has 0 aliphatic rings. The summed E-state index contributed by atoms with van der Waals surface area (Å²) in [4.78, 5) is 0. The molecule has 0 saturated carbocycles. The quantitative estimate of drug-likeness (QED) is 0.105. The first kappa shape index (κ1) is 26.6. The van der Waals surface area contributed by atoms with Crippen LogP contribution in [-0.2, 0) is 12.1 Å². The number of hydrogen-bond acceptors (Lipinski definition) is 0. The Morgan fingerprint density at radius 3 is 1.15 bits per heavy atom. The van der Waals surface area contributed by atoms with Crippen molar-refractivity contribution in [2.24, 2.45) is 0 Å². The molecule has 0 amide bonds. The van der Waals surface area contributed by atoms with E-state index in [0.29, 0.717) is 12.1 Å². The van der Waals surface area contributed by atoms with E-state index in [9.17, 15) is 0 Å². The van der Waals surface area contributed by atoms with Gasteiger partial charge in [-0.1, -0.05) is 146 Å². The summed E-state index contributed by atoms with van der Waals surface area (Å²) in [6, 6.07) is 52.3. The van der Waals surface area contributed by atoms with Gasteiger partial charge < -0.3 is 0 Å². The molecular weight excluding hydrogens is 559 g/mol. The summed E-state index contributed by atoms with van der Waals surface area (Å²) in [7, 11) is -5.67. The van der Waals surface area contributed by atoms with E-state index in [4.69, 9.17) is 22.2 Å². The normalized spacial score (nSPS) is 14.2. The van der Waals surface area contributed by atoms with Crippen LogP contribution < -0.4 is 10.4 Å². The fraction of sp³-hybridized carbons (Fsp3) is 0.0556. The SMILES string of the molecule is Cl[Si](C#C[Si](Cl)(Cc1ccccc1)c1ccc2ccccc2c1)(Cc1ccccc1)c1ccc2ccccc2c1. The van der Waals surface area contributed by atoms with Gasteiger partial charge in [0.05, 0.1) is 0 Å². The molecule has 0 aliphatic carbocycles. The number of rotatable bonds is 6. The van der Waals surface area contributed by atoms with Gasteiger partial charge in [0.1, 0.15) is 0 Å². The van der Waals surface area contributed by atoms with Crippen LogP contribution in [0.4, 0.5) is 0 Å². The molecule has 0 aromatic heterocycles. The maximum atomic E-state index is 7.72. The van der Waals surface area contributed by atoms with E-state index in [2.05, 4.69) is 145 Å². The van der Waals surface area contributed by atoms with Gasteiger partial charge in [0.25, 0.3) is 14.8 Å². The summed E-state index contributed by atoms with van der Waals surface area (Å²) in [6.07, 6.45) is 0. The standard InChI is InChI=1S/C36H28Cl2Si2/c37-39(27-29-11-3-1-4-12-29,35-21-19-31-15-7-9-17-33(31)25-35)23-24-40(38,28-30-13-5-2-6-14-30)36-22-20-32-16-8-10-18-34(32)26-36/h1-22,25-26H,27-28H2. The topological polar surface area (TPSA) is 0 Å². The van der Waals surface area contributed by atoms with Gasteiger partial charge in [-0.05, 0) is 55.1 Å². The molecule has 0 nitrogen and oxygen atoms in total. The lowest BCUT2D eigenvalue weighted by molar-refractivity contribution is 1.36. The first-order valence-corrected chi connectivity index (χ1v) is 19.9. The molecule has 6 aromatic carbocycles. The zero-order chi connectivity index (χ0) is 27.4. The maximum Gasteiger partial charge on any atom is 0.267 e. The lowest BCUT2D eigenvalue weighted by Gasteiger charge is -2.23. The predicted molar refractivity (Wildman–Crippen MR) is 178 cm³/mol. The van der Waals surface area contributed by atoms with Gasteiger partial charge >= 0.3 is 0 Å². The maximum absolute atomic E-state index is 7.72. The van der Waals surface area contributed by atoms with Gasteiger partial charge in [-0.2, -0.15) is 0 Å². The highest BCUT2D eigenvalue weighted by molar-refractivity contribution is 7.34. The monoisotopic (exact) mass is 586 g/mol. The van der Waals surface area contributed by atoms with E-state index in [-0.39, 0.29) is 0 Å². The Hall–Kier alpha value is -3.59. The second kappa shape index (κ2) is 11.5. The van der Waals surface area contributed by atoms with E-state index in [1.807, 2.05) is 12.1 Å².